The van der Waals surface area contributed by atoms with Crippen LogP contribution in [0.25, 0.3) is 0 Å². The first kappa shape index (κ1) is 16.6. The fourth-order valence-corrected chi connectivity index (χ4v) is 2.36. The Balaban J connectivity index is 2.89. The molecular weight excluding hydrogens is 277 g/mol. The van der Waals surface area contributed by atoms with Gasteiger partial charge in [0.05, 0.1) is 0 Å². The second-order valence-electron chi connectivity index (χ2n) is 4.92. The van der Waals surface area contributed by atoms with Crippen LogP contribution in [-0.4, -0.2) is 59.3 Å². The van der Waals surface area contributed by atoms with E-state index in [1.165, 1.54) is 4.90 Å². The summed E-state index contributed by atoms with van der Waals surface area (Å²) in [4.78, 5) is 25.5. The number of rotatable bonds is 4. The number of carboxylic acid groups (broad SMARTS) is 1. The van der Waals surface area contributed by atoms with Gasteiger partial charge in [-0.3, -0.25) is 4.79 Å². The van der Waals surface area contributed by atoms with Gasteiger partial charge in [0.1, 0.15) is 0 Å². The fourth-order valence-electron chi connectivity index (χ4n) is 2.36. The third-order valence-electron chi connectivity index (χ3n) is 3.64. The molecule has 0 aliphatic carbocycles. The number of carboxylic acids is 1. The van der Waals surface area contributed by atoms with Crippen molar-refractivity contribution >= 4 is 12.0 Å². The summed E-state index contributed by atoms with van der Waals surface area (Å²) in [6, 6.07) is -0.526. The van der Waals surface area contributed by atoms with E-state index in [9.17, 15) is 22.8 Å². The molecule has 1 fully saturated rings. The lowest BCUT2D eigenvalue weighted by atomic mass is 9.86. The van der Waals surface area contributed by atoms with Gasteiger partial charge in [-0.25, -0.2) is 4.79 Å². The molecule has 1 unspecified atom stereocenters. The number of hydrogen-bond donors (Lipinski definition) is 1. The third-order valence-corrected chi connectivity index (χ3v) is 3.64. The Kier molecular flexibility index (Phi) is 4.88. The Morgan fingerprint density at radius 2 is 1.95 bits per heavy atom. The van der Waals surface area contributed by atoms with Crippen LogP contribution in [0.1, 0.15) is 26.7 Å². The van der Waals surface area contributed by atoms with Crippen LogP contribution < -0.4 is 0 Å². The normalized spacial score (nSPS) is 22.9. The molecule has 0 radical (unpaired) electrons. The molecule has 1 heterocycles. The molecule has 0 bridgehead atoms. The molecule has 1 N–H and O–H groups in total. The van der Waals surface area contributed by atoms with Crippen LogP contribution in [0.5, 0.6) is 0 Å². The van der Waals surface area contributed by atoms with E-state index in [1.54, 1.807) is 6.92 Å². The summed E-state index contributed by atoms with van der Waals surface area (Å²) < 4.78 is 39.0. The summed E-state index contributed by atoms with van der Waals surface area (Å²) in [5.41, 5.74) is -2.84. The Morgan fingerprint density at radius 3 is 2.30 bits per heavy atom. The quantitative estimate of drug-likeness (QED) is 0.865. The number of halogens is 3. The van der Waals surface area contributed by atoms with Gasteiger partial charge in [-0.2, -0.15) is 13.2 Å². The lowest BCUT2D eigenvalue weighted by Crippen LogP contribution is -2.49. The summed E-state index contributed by atoms with van der Waals surface area (Å²) >= 11 is 0. The van der Waals surface area contributed by atoms with E-state index in [1.807, 2.05) is 6.92 Å². The monoisotopic (exact) mass is 296 g/mol. The van der Waals surface area contributed by atoms with E-state index < -0.39 is 36.6 Å². The maximum absolute atomic E-state index is 13.0. The number of carbonyl (C=O) groups excluding carboxylic acids is 1. The van der Waals surface area contributed by atoms with Crippen LogP contribution in [0.3, 0.4) is 0 Å². The zero-order chi connectivity index (χ0) is 15.6. The molecule has 1 atom stereocenters. The smallest absolute Gasteiger partial charge is 0.406 e. The first-order chi connectivity index (χ1) is 9.19. The average Bonchev–Trinajstić information content (AvgIpc) is 2.81. The number of carbonyl (C=O) groups is 2. The number of likely N-dealkylation sites (tertiary alicyclic amines) is 1. The molecule has 0 spiro atoms. The van der Waals surface area contributed by atoms with Crippen LogP contribution in [0.15, 0.2) is 0 Å². The molecular formula is C12H19F3N2O3. The molecule has 0 aromatic carbocycles. The molecule has 1 rings (SSSR count). The van der Waals surface area contributed by atoms with E-state index >= 15 is 0 Å². The van der Waals surface area contributed by atoms with Crippen molar-refractivity contribution in [1.29, 1.82) is 0 Å². The number of alkyl halides is 3. The molecule has 0 saturated carbocycles. The topological polar surface area (TPSA) is 60.9 Å². The highest BCUT2D eigenvalue weighted by Gasteiger charge is 2.64. The predicted octanol–water partition coefficient (Wildman–Crippen LogP) is 2.18. The maximum Gasteiger partial charge on any atom is 0.406 e. The SMILES string of the molecule is CCCN(CC)C(=O)N1CCC(C(=O)O)(C(F)(F)F)C1. The van der Waals surface area contributed by atoms with Crippen molar-refractivity contribution in [2.24, 2.45) is 5.41 Å². The van der Waals surface area contributed by atoms with Crippen molar-refractivity contribution in [3.63, 3.8) is 0 Å². The highest BCUT2D eigenvalue weighted by Crippen LogP contribution is 2.45. The predicted molar refractivity (Wildman–Crippen MR) is 65.2 cm³/mol. The Hall–Kier alpha value is -1.47. The van der Waals surface area contributed by atoms with Crippen LogP contribution in [-0.2, 0) is 4.79 Å². The Labute approximate surface area is 115 Å². The minimum atomic E-state index is -4.87. The lowest BCUT2D eigenvalue weighted by molar-refractivity contribution is -0.227. The minimum Gasteiger partial charge on any atom is -0.481 e. The largest absolute Gasteiger partial charge is 0.481 e. The summed E-state index contributed by atoms with van der Waals surface area (Å²) in [7, 11) is 0. The van der Waals surface area contributed by atoms with Crippen molar-refractivity contribution in [1.82, 2.24) is 9.80 Å². The second-order valence-corrected chi connectivity index (χ2v) is 4.92. The second kappa shape index (κ2) is 5.88. The lowest BCUT2D eigenvalue weighted by Gasteiger charge is -2.30. The van der Waals surface area contributed by atoms with Crippen molar-refractivity contribution in [3.05, 3.63) is 0 Å². The molecule has 20 heavy (non-hydrogen) atoms. The molecule has 1 aliphatic rings. The summed E-state index contributed by atoms with van der Waals surface area (Å²) in [5, 5.41) is 8.93. The number of aliphatic carboxylic acids is 1. The van der Waals surface area contributed by atoms with E-state index in [0.29, 0.717) is 19.5 Å². The maximum atomic E-state index is 13.0. The van der Waals surface area contributed by atoms with Gasteiger partial charge in [0, 0.05) is 26.2 Å². The molecule has 0 aromatic heterocycles. The van der Waals surface area contributed by atoms with Crippen molar-refractivity contribution in [2.45, 2.75) is 32.9 Å². The molecule has 0 aromatic rings. The fraction of sp³-hybridized carbons (Fsp3) is 0.833. The van der Waals surface area contributed by atoms with Gasteiger partial charge in [-0.1, -0.05) is 6.92 Å². The van der Waals surface area contributed by atoms with Gasteiger partial charge in [-0.15, -0.1) is 0 Å². The van der Waals surface area contributed by atoms with Gasteiger partial charge in [0.2, 0.25) is 0 Å². The Bertz CT molecular complexity index is 387. The van der Waals surface area contributed by atoms with Crippen LogP contribution in [0, 0.1) is 5.41 Å². The number of amides is 2. The van der Waals surface area contributed by atoms with E-state index in [0.717, 1.165) is 4.90 Å². The van der Waals surface area contributed by atoms with Crippen molar-refractivity contribution in [2.75, 3.05) is 26.2 Å². The van der Waals surface area contributed by atoms with Gasteiger partial charge < -0.3 is 14.9 Å². The first-order valence-corrected chi connectivity index (χ1v) is 6.53. The number of nitrogens with zero attached hydrogens (tertiary/aromatic N) is 2. The van der Waals surface area contributed by atoms with Crippen molar-refractivity contribution < 1.29 is 27.9 Å². The van der Waals surface area contributed by atoms with Crippen LogP contribution >= 0.6 is 0 Å². The molecule has 116 valence electrons. The van der Waals surface area contributed by atoms with E-state index in [2.05, 4.69) is 0 Å². The molecule has 1 aliphatic heterocycles. The Morgan fingerprint density at radius 1 is 1.35 bits per heavy atom. The highest BCUT2D eigenvalue weighted by molar-refractivity contribution is 5.80. The average molecular weight is 296 g/mol. The van der Waals surface area contributed by atoms with Crippen molar-refractivity contribution in [3.8, 4) is 0 Å². The van der Waals surface area contributed by atoms with E-state index in [-0.39, 0.29) is 6.54 Å². The minimum absolute atomic E-state index is 0.190. The number of urea groups is 1. The highest BCUT2D eigenvalue weighted by atomic mass is 19.4. The summed E-state index contributed by atoms with van der Waals surface area (Å²) in [5.74, 6) is -1.92. The number of hydrogen-bond acceptors (Lipinski definition) is 2. The summed E-state index contributed by atoms with van der Waals surface area (Å²) in [6.45, 7) is 3.41. The van der Waals surface area contributed by atoms with Crippen LogP contribution in [0.2, 0.25) is 0 Å². The first-order valence-electron chi connectivity index (χ1n) is 6.53. The zero-order valence-electron chi connectivity index (χ0n) is 11.5. The molecule has 8 heteroatoms. The molecule has 5 nitrogen and oxygen atoms in total. The molecule has 1 saturated heterocycles. The van der Waals surface area contributed by atoms with E-state index in [4.69, 9.17) is 5.11 Å². The standard InChI is InChI=1S/C12H19F3N2O3/c1-3-6-16(4-2)10(20)17-7-5-11(8-17,9(18)19)12(13,14)15/h3-8H2,1-2H3,(H,18,19). The van der Waals surface area contributed by atoms with Crippen LogP contribution in [0.4, 0.5) is 18.0 Å². The summed E-state index contributed by atoms with van der Waals surface area (Å²) in [6.07, 6.45) is -4.77. The molecule has 2 amide bonds. The van der Waals surface area contributed by atoms with Gasteiger partial charge >= 0.3 is 18.2 Å². The van der Waals surface area contributed by atoms with Gasteiger partial charge in [0.15, 0.2) is 5.41 Å². The third kappa shape index (κ3) is 2.83. The van der Waals surface area contributed by atoms with Gasteiger partial charge in [-0.05, 0) is 19.8 Å². The zero-order valence-corrected chi connectivity index (χ0v) is 11.5. The van der Waals surface area contributed by atoms with Gasteiger partial charge in [0.25, 0.3) is 0 Å².